The number of nitrogens with zero attached hydrogens (tertiary/aromatic N) is 2. The molecule has 3 fully saturated rings. The van der Waals surface area contributed by atoms with Crippen LogP contribution in [0.5, 0.6) is 0 Å². The second kappa shape index (κ2) is 7.44. The number of hydrogen-bond donors (Lipinski definition) is 1. The lowest BCUT2D eigenvalue weighted by Gasteiger charge is -2.24. The van der Waals surface area contributed by atoms with Gasteiger partial charge in [0.05, 0.1) is 5.92 Å². The molecule has 3 aliphatic rings. The Bertz CT molecular complexity index is 720. The van der Waals surface area contributed by atoms with Gasteiger partial charge in [-0.05, 0) is 37.8 Å². The van der Waals surface area contributed by atoms with Crippen LogP contribution in [0.4, 0.5) is 20.2 Å². The number of anilines is 2. The molecule has 0 bridgehead atoms. The summed E-state index contributed by atoms with van der Waals surface area (Å²) in [5, 5.41) is 2.60. The van der Waals surface area contributed by atoms with Crippen molar-refractivity contribution in [1.82, 2.24) is 4.90 Å². The van der Waals surface area contributed by atoms with Crippen LogP contribution in [0.25, 0.3) is 0 Å². The minimum Gasteiger partial charge on any atom is -0.367 e. The van der Waals surface area contributed by atoms with Gasteiger partial charge in [-0.15, -0.1) is 0 Å². The van der Waals surface area contributed by atoms with Crippen LogP contribution in [0.3, 0.4) is 0 Å². The van der Waals surface area contributed by atoms with Crippen molar-refractivity contribution in [3.63, 3.8) is 0 Å². The maximum absolute atomic E-state index is 14.4. The fourth-order valence-corrected chi connectivity index (χ4v) is 4.60. The van der Waals surface area contributed by atoms with E-state index in [1.807, 2.05) is 4.90 Å². The highest BCUT2D eigenvalue weighted by atomic mass is 19.1. The van der Waals surface area contributed by atoms with Crippen molar-refractivity contribution in [2.75, 3.05) is 29.9 Å². The van der Waals surface area contributed by atoms with E-state index >= 15 is 0 Å². The van der Waals surface area contributed by atoms with Crippen LogP contribution in [0.2, 0.25) is 0 Å². The maximum atomic E-state index is 14.4. The van der Waals surface area contributed by atoms with Gasteiger partial charge in [0.25, 0.3) is 0 Å². The van der Waals surface area contributed by atoms with Crippen LogP contribution in [-0.2, 0) is 9.59 Å². The zero-order chi connectivity index (χ0) is 19.0. The SMILES string of the molecule is O=C(Nc1cc(F)c(N2CCCC2)c(F)c1)[C@H]1CC(=O)N(C2CCCC2)C1. The quantitative estimate of drug-likeness (QED) is 0.876. The summed E-state index contributed by atoms with van der Waals surface area (Å²) in [6.45, 7) is 1.67. The maximum Gasteiger partial charge on any atom is 0.229 e. The van der Waals surface area contributed by atoms with Crippen molar-refractivity contribution in [1.29, 1.82) is 0 Å². The molecular weight excluding hydrogens is 352 g/mol. The molecule has 1 aromatic rings. The largest absolute Gasteiger partial charge is 0.367 e. The Morgan fingerprint density at radius 3 is 2.30 bits per heavy atom. The van der Waals surface area contributed by atoms with E-state index < -0.39 is 17.6 Å². The average molecular weight is 377 g/mol. The first-order valence-corrected chi connectivity index (χ1v) is 9.87. The zero-order valence-corrected chi connectivity index (χ0v) is 15.3. The Hall–Kier alpha value is -2.18. The topological polar surface area (TPSA) is 52.7 Å². The number of hydrogen-bond acceptors (Lipinski definition) is 3. The predicted molar refractivity (Wildman–Crippen MR) is 98.5 cm³/mol. The van der Waals surface area contributed by atoms with Gasteiger partial charge >= 0.3 is 0 Å². The van der Waals surface area contributed by atoms with Crippen LogP contribution < -0.4 is 10.2 Å². The first kappa shape index (κ1) is 18.2. The molecule has 2 amide bonds. The van der Waals surface area contributed by atoms with Crippen molar-refractivity contribution < 1.29 is 18.4 Å². The van der Waals surface area contributed by atoms with Crippen molar-refractivity contribution in [2.45, 2.75) is 51.0 Å². The van der Waals surface area contributed by atoms with E-state index in [-0.39, 0.29) is 35.7 Å². The van der Waals surface area contributed by atoms with Gasteiger partial charge in [0.2, 0.25) is 11.8 Å². The summed E-state index contributed by atoms with van der Waals surface area (Å²) in [6, 6.07) is 2.57. The third-order valence-electron chi connectivity index (χ3n) is 6.00. The number of rotatable bonds is 4. The van der Waals surface area contributed by atoms with E-state index in [1.165, 1.54) is 12.1 Å². The Kier molecular flexibility index (Phi) is 5.02. The highest BCUT2D eigenvalue weighted by Crippen LogP contribution is 2.32. The standard InChI is InChI=1S/C20H25F2N3O2/c21-16-10-14(11-17(22)19(16)24-7-3-4-8-24)23-20(27)13-9-18(26)25(12-13)15-5-1-2-6-15/h10-11,13,15H,1-9,12H2,(H,23,27)/t13-/m0/s1. The first-order valence-electron chi connectivity index (χ1n) is 9.87. The van der Waals surface area contributed by atoms with Crippen LogP contribution in [0, 0.1) is 17.6 Å². The van der Waals surface area contributed by atoms with Gasteiger partial charge < -0.3 is 15.1 Å². The molecule has 27 heavy (non-hydrogen) atoms. The Morgan fingerprint density at radius 2 is 1.67 bits per heavy atom. The molecule has 1 atom stereocenters. The summed E-state index contributed by atoms with van der Waals surface area (Å²) < 4.78 is 28.8. The molecule has 5 nitrogen and oxygen atoms in total. The van der Waals surface area contributed by atoms with Crippen LogP contribution in [0.15, 0.2) is 12.1 Å². The lowest BCUT2D eigenvalue weighted by Crippen LogP contribution is -2.35. The van der Waals surface area contributed by atoms with E-state index in [9.17, 15) is 18.4 Å². The van der Waals surface area contributed by atoms with Gasteiger partial charge in [-0.25, -0.2) is 8.78 Å². The molecule has 1 saturated carbocycles. The summed E-state index contributed by atoms with van der Waals surface area (Å²) in [4.78, 5) is 28.3. The van der Waals surface area contributed by atoms with Gasteiger partial charge in [-0.2, -0.15) is 0 Å². The average Bonchev–Trinajstić information content (AvgIpc) is 3.35. The van der Waals surface area contributed by atoms with E-state index in [2.05, 4.69) is 5.32 Å². The monoisotopic (exact) mass is 377 g/mol. The molecular formula is C20H25F2N3O2. The van der Waals surface area contributed by atoms with E-state index in [4.69, 9.17) is 0 Å². The number of nitrogens with one attached hydrogen (secondary N) is 1. The van der Waals surface area contributed by atoms with Crippen LogP contribution >= 0.6 is 0 Å². The summed E-state index contributed by atoms with van der Waals surface area (Å²) >= 11 is 0. The molecule has 0 radical (unpaired) electrons. The second-order valence-corrected chi connectivity index (χ2v) is 7.86. The summed E-state index contributed by atoms with van der Waals surface area (Å²) in [5.41, 5.74) is 0.0821. The number of benzene rings is 1. The molecule has 1 aliphatic carbocycles. The Labute approximate surface area is 157 Å². The van der Waals surface area contributed by atoms with Gasteiger partial charge in [-0.1, -0.05) is 12.8 Å². The summed E-state index contributed by atoms with van der Waals surface area (Å²) in [6.07, 6.45) is 6.23. The molecule has 146 valence electrons. The van der Waals surface area contributed by atoms with E-state index in [0.29, 0.717) is 19.6 Å². The normalized spacial score (nSPS) is 23.5. The molecule has 0 aromatic heterocycles. The molecule has 0 spiro atoms. The van der Waals surface area contributed by atoms with E-state index in [1.54, 1.807) is 4.90 Å². The van der Waals surface area contributed by atoms with Crippen LogP contribution in [0.1, 0.15) is 44.9 Å². The molecule has 1 N–H and O–H groups in total. The highest BCUT2D eigenvalue weighted by molar-refractivity contribution is 5.97. The number of halogens is 2. The number of carbonyl (C=O) groups excluding carboxylic acids is 2. The predicted octanol–water partition coefficient (Wildman–Crippen LogP) is 3.29. The van der Waals surface area contributed by atoms with Gasteiger partial charge in [0.15, 0.2) is 11.6 Å². The first-order chi connectivity index (χ1) is 13.0. The molecule has 0 unspecified atom stereocenters. The third kappa shape index (κ3) is 3.64. The smallest absolute Gasteiger partial charge is 0.229 e. The fourth-order valence-electron chi connectivity index (χ4n) is 4.60. The van der Waals surface area contributed by atoms with Crippen molar-refractivity contribution >= 4 is 23.2 Å². The number of likely N-dealkylation sites (tertiary alicyclic amines) is 1. The van der Waals surface area contributed by atoms with Gasteiger partial charge in [0.1, 0.15) is 5.69 Å². The van der Waals surface area contributed by atoms with Crippen molar-refractivity contribution in [3.8, 4) is 0 Å². The highest BCUT2D eigenvalue weighted by Gasteiger charge is 2.38. The molecule has 4 rings (SSSR count). The van der Waals surface area contributed by atoms with Gasteiger partial charge in [-0.3, -0.25) is 9.59 Å². The Balaban J connectivity index is 1.43. The minimum absolute atomic E-state index is 0.00351. The number of carbonyl (C=O) groups is 2. The lowest BCUT2D eigenvalue weighted by molar-refractivity contribution is -0.129. The second-order valence-electron chi connectivity index (χ2n) is 7.86. The summed E-state index contributed by atoms with van der Waals surface area (Å²) in [7, 11) is 0. The van der Waals surface area contributed by atoms with Crippen molar-refractivity contribution in [3.05, 3.63) is 23.8 Å². The fraction of sp³-hybridized carbons (Fsp3) is 0.600. The molecule has 7 heteroatoms. The molecule has 2 saturated heterocycles. The van der Waals surface area contributed by atoms with E-state index in [0.717, 1.165) is 38.5 Å². The Morgan fingerprint density at radius 1 is 1.04 bits per heavy atom. The van der Waals surface area contributed by atoms with Crippen molar-refractivity contribution in [2.24, 2.45) is 5.92 Å². The molecule has 2 heterocycles. The summed E-state index contributed by atoms with van der Waals surface area (Å²) in [5.74, 6) is -2.15. The third-order valence-corrected chi connectivity index (χ3v) is 6.00. The minimum atomic E-state index is -0.665. The molecule has 1 aromatic carbocycles. The van der Waals surface area contributed by atoms with Gasteiger partial charge in [0, 0.05) is 37.8 Å². The van der Waals surface area contributed by atoms with Crippen LogP contribution in [-0.4, -0.2) is 42.4 Å². The molecule has 2 aliphatic heterocycles. The number of amides is 2. The zero-order valence-electron chi connectivity index (χ0n) is 15.3. The lowest BCUT2D eigenvalue weighted by atomic mass is 10.1.